The molecule has 1 saturated heterocycles. The summed E-state index contributed by atoms with van der Waals surface area (Å²) in [5, 5.41) is 0.414. The molecule has 0 spiro atoms. The lowest BCUT2D eigenvalue weighted by Gasteiger charge is -2.27. The van der Waals surface area contributed by atoms with Crippen LogP contribution in [0.15, 0.2) is 41.3 Å². The summed E-state index contributed by atoms with van der Waals surface area (Å²) in [7, 11) is -2.49. The number of ether oxygens (including phenoxy) is 3. The molecule has 0 bridgehead atoms. The lowest BCUT2D eigenvalue weighted by atomic mass is 9.99. The molecule has 0 saturated carbocycles. The largest absolute Gasteiger partial charge is 0.467 e. The zero-order valence-corrected chi connectivity index (χ0v) is 20.3. The Morgan fingerprint density at radius 3 is 2.47 bits per heavy atom. The van der Waals surface area contributed by atoms with Crippen LogP contribution >= 0.6 is 23.2 Å². The molecule has 0 unspecified atom stereocenters. The van der Waals surface area contributed by atoms with Crippen LogP contribution in [0.4, 0.5) is 0 Å². The van der Waals surface area contributed by atoms with Crippen molar-refractivity contribution in [3.8, 4) is 5.75 Å². The summed E-state index contributed by atoms with van der Waals surface area (Å²) < 4.78 is 44.3. The van der Waals surface area contributed by atoms with Gasteiger partial charge in [-0.2, -0.15) is 4.31 Å². The fourth-order valence-corrected chi connectivity index (χ4v) is 5.82. The number of carbonyl (C=O) groups excluding carboxylic acids is 1. The maximum Gasteiger partial charge on any atom is 0.310 e. The molecule has 0 aromatic heterocycles. The molecule has 3 rings (SSSR count). The Hall–Kier alpha value is -1.84. The molecule has 1 aliphatic rings. The second kappa shape index (κ2) is 10.4. The van der Waals surface area contributed by atoms with Gasteiger partial charge in [-0.15, -0.1) is 0 Å². The molecule has 10 heteroatoms. The van der Waals surface area contributed by atoms with Gasteiger partial charge in [0.05, 0.1) is 33.5 Å². The van der Waals surface area contributed by atoms with E-state index in [4.69, 9.17) is 37.4 Å². The van der Waals surface area contributed by atoms with Gasteiger partial charge in [0.2, 0.25) is 10.0 Å². The maximum atomic E-state index is 13.6. The van der Waals surface area contributed by atoms with Gasteiger partial charge in [0.1, 0.15) is 5.75 Å². The van der Waals surface area contributed by atoms with Crippen molar-refractivity contribution in [2.45, 2.75) is 31.2 Å². The Morgan fingerprint density at radius 1 is 1.16 bits per heavy atom. The Kier molecular flexibility index (Phi) is 8.06. The van der Waals surface area contributed by atoms with Crippen LogP contribution in [-0.2, 0) is 24.3 Å². The predicted octanol–water partition coefficient (Wildman–Crippen LogP) is 4.60. The minimum absolute atomic E-state index is 0.0493. The molecule has 0 N–H and O–H groups in total. The second-order valence-corrected chi connectivity index (χ2v) is 10.1. The summed E-state index contributed by atoms with van der Waals surface area (Å²) in [5.74, 6) is -0.790. The van der Waals surface area contributed by atoms with Gasteiger partial charge in [0.15, 0.2) is 6.79 Å². The molecular weight excluding hydrogens is 477 g/mol. The quantitative estimate of drug-likeness (QED) is 0.388. The Labute approximate surface area is 198 Å². The Morgan fingerprint density at radius 2 is 1.84 bits per heavy atom. The van der Waals surface area contributed by atoms with Crippen molar-refractivity contribution in [1.82, 2.24) is 4.31 Å². The van der Waals surface area contributed by atoms with Crippen LogP contribution in [0, 0.1) is 12.8 Å². The van der Waals surface area contributed by atoms with E-state index in [-0.39, 0.29) is 41.3 Å². The predicted molar refractivity (Wildman–Crippen MR) is 122 cm³/mol. The zero-order chi connectivity index (χ0) is 23.5. The number of esters is 1. The topological polar surface area (TPSA) is 82.1 Å². The number of benzene rings is 2. The highest BCUT2D eigenvalue weighted by molar-refractivity contribution is 7.89. The third kappa shape index (κ3) is 5.05. The average Bonchev–Trinajstić information content (AvgIpc) is 3.21. The molecule has 174 valence electrons. The minimum atomic E-state index is -3.96. The monoisotopic (exact) mass is 501 g/mol. The van der Waals surface area contributed by atoms with E-state index in [1.807, 2.05) is 6.92 Å². The summed E-state index contributed by atoms with van der Waals surface area (Å²) in [6.07, 6.45) is 0.174. The van der Waals surface area contributed by atoms with Crippen LogP contribution in [0.1, 0.15) is 30.5 Å². The standard InChI is InChI=1S/C22H25Cl2NO6S/c1-4-30-22(26)15-11-18(20-19(31-13-29-3)10-9-17(23)21(20)24)25(12-15)32(27,28)16-7-5-14(2)6-8-16/h5-10,15,18H,4,11-13H2,1-3H3/t15-,18+/m0/s1. The van der Waals surface area contributed by atoms with Crippen LogP contribution in [0.2, 0.25) is 10.0 Å². The first-order valence-corrected chi connectivity index (χ1v) is 12.2. The fourth-order valence-electron chi connectivity index (χ4n) is 3.72. The van der Waals surface area contributed by atoms with Gasteiger partial charge in [-0.1, -0.05) is 40.9 Å². The van der Waals surface area contributed by atoms with Crippen molar-refractivity contribution in [3.05, 3.63) is 57.6 Å². The third-order valence-corrected chi connectivity index (χ3v) is 7.97. The molecule has 2 aromatic rings. The van der Waals surface area contributed by atoms with Crippen molar-refractivity contribution in [2.75, 3.05) is 27.1 Å². The van der Waals surface area contributed by atoms with E-state index >= 15 is 0 Å². The molecule has 2 atom stereocenters. The van der Waals surface area contributed by atoms with E-state index in [9.17, 15) is 13.2 Å². The molecule has 0 radical (unpaired) electrons. The van der Waals surface area contributed by atoms with Crippen molar-refractivity contribution >= 4 is 39.2 Å². The molecule has 1 aliphatic heterocycles. The van der Waals surface area contributed by atoms with E-state index < -0.39 is 28.0 Å². The number of sulfonamides is 1. The van der Waals surface area contributed by atoms with Gasteiger partial charge in [-0.05, 0) is 44.5 Å². The van der Waals surface area contributed by atoms with Gasteiger partial charge >= 0.3 is 5.97 Å². The van der Waals surface area contributed by atoms with Gasteiger partial charge in [-0.25, -0.2) is 8.42 Å². The molecule has 0 aliphatic carbocycles. The van der Waals surface area contributed by atoms with Gasteiger partial charge < -0.3 is 14.2 Å². The van der Waals surface area contributed by atoms with E-state index in [0.717, 1.165) is 5.56 Å². The molecule has 1 heterocycles. The summed E-state index contributed by atoms with van der Waals surface area (Å²) in [6, 6.07) is 8.92. The molecule has 7 nitrogen and oxygen atoms in total. The molecule has 1 fully saturated rings. The highest BCUT2D eigenvalue weighted by Gasteiger charge is 2.46. The van der Waals surface area contributed by atoms with Crippen LogP contribution in [0.3, 0.4) is 0 Å². The number of hydrogen-bond acceptors (Lipinski definition) is 6. The zero-order valence-electron chi connectivity index (χ0n) is 18.0. The highest BCUT2D eigenvalue weighted by Crippen LogP contribution is 2.47. The fraction of sp³-hybridized carbons (Fsp3) is 0.409. The van der Waals surface area contributed by atoms with Crippen molar-refractivity contribution in [2.24, 2.45) is 5.92 Å². The summed E-state index contributed by atoms with van der Waals surface area (Å²) >= 11 is 12.8. The van der Waals surface area contributed by atoms with E-state index in [1.165, 1.54) is 11.4 Å². The van der Waals surface area contributed by atoms with E-state index in [1.54, 1.807) is 43.3 Å². The lowest BCUT2D eigenvalue weighted by Crippen LogP contribution is -2.32. The smallest absolute Gasteiger partial charge is 0.310 e. The first kappa shape index (κ1) is 24.8. The number of carbonyl (C=O) groups is 1. The van der Waals surface area contributed by atoms with E-state index in [2.05, 4.69) is 0 Å². The molecule has 2 aromatic carbocycles. The first-order chi connectivity index (χ1) is 15.2. The SMILES string of the molecule is CCOC(=O)[C@H]1C[C@H](c2c(OCOC)ccc(Cl)c2Cl)N(S(=O)(=O)c2ccc(C)cc2)C1. The summed E-state index contributed by atoms with van der Waals surface area (Å²) in [6.45, 7) is 3.66. The lowest BCUT2D eigenvalue weighted by molar-refractivity contribution is -0.147. The van der Waals surface area contributed by atoms with Gasteiger partial charge in [0.25, 0.3) is 0 Å². The van der Waals surface area contributed by atoms with Crippen LogP contribution in [-0.4, -0.2) is 45.7 Å². The number of methoxy groups -OCH3 is 1. The van der Waals surface area contributed by atoms with Crippen molar-refractivity contribution in [3.63, 3.8) is 0 Å². The molecule has 32 heavy (non-hydrogen) atoms. The van der Waals surface area contributed by atoms with Crippen LogP contribution < -0.4 is 4.74 Å². The third-order valence-electron chi connectivity index (χ3n) is 5.26. The molecule has 0 amide bonds. The highest BCUT2D eigenvalue weighted by atomic mass is 35.5. The van der Waals surface area contributed by atoms with Gasteiger partial charge in [-0.3, -0.25) is 4.79 Å². The number of aryl methyl sites for hydroxylation is 1. The van der Waals surface area contributed by atoms with Crippen LogP contribution in [0.25, 0.3) is 0 Å². The van der Waals surface area contributed by atoms with E-state index in [0.29, 0.717) is 11.3 Å². The van der Waals surface area contributed by atoms with Crippen molar-refractivity contribution < 1.29 is 27.4 Å². The Bertz CT molecular complexity index is 1070. The Balaban J connectivity index is 2.12. The van der Waals surface area contributed by atoms with Crippen molar-refractivity contribution in [1.29, 1.82) is 0 Å². The number of halogens is 2. The summed E-state index contributed by atoms with van der Waals surface area (Å²) in [5.41, 5.74) is 1.32. The first-order valence-electron chi connectivity index (χ1n) is 10.1. The number of rotatable bonds is 8. The van der Waals surface area contributed by atoms with Gasteiger partial charge in [0, 0.05) is 19.2 Å². The normalized spacial score (nSPS) is 19.2. The minimum Gasteiger partial charge on any atom is -0.467 e. The van der Waals surface area contributed by atoms with Crippen LogP contribution in [0.5, 0.6) is 5.75 Å². The number of nitrogens with zero attached hydrogens (tertiary/aromatic N) is 1. The molecular formula is C22H25Cl2NO6S. The average molecular weight is 502 g/mol. The number of hydrogen-bond donors (Lipinski definition) is 0. The summed E-state index contributed by atoms with van der Waals surface area (Å²) in [4.78, 5) is 12.7. The second-order valence-electron chi connectivity index (χ2n) is 7.41. The maximum absolute atomic E-state index is 13.6.